The van der Waals surface area contributed by atoms with Gasteiger partial charge in [0.1, 0.15) is 0 Å². The number of amides is 1. The molecule has 3 rings (SSSR count). The lowest BCUT2D eigenvalue weighted by Crippen LogP contribution is -2.41. The molecule has 2 aromatic rings. The summed E-state index contributed by atoms with van der Waals surface area (Å²) in [6, 6.07) is 12.6. The first-order chi connectivity index (χ1) is 11.0. The molecular weight excluding hydrogens is 304 g/mol. The Bertz CT molecular complexity index is 673. The molecule has 0 unspecified atom stereocenters. The fourth-order valence-corrected chi connectivity index (χ4v) is 4.22. The number of carbonyl (C=O) groups is 1. The van der Waals surface area contributed by atoms with Gasteiger partial charge in [0.05, 0.1) is 6.54 Å². The van der Waals surface area contributed by atoms with Crippen LogP contribution in [0.4, 0.5) is 5.69 Å². The largest absolute Gasteiger partial charge is 0.311 e. The van der Waals surface area contributed by atoms with Crippen molar-refractivity contribution in [1.29, 1.82) is 0 Å². The molecule has 0 spiro atoms. The van der Waals surface area contributed by atoms with Crippen molar-refractivity contribution in [3.63, 3.8) is 0 Å². The van der Waals surface area contributed by atoms with Gasteiger partial charge in [-0.15, -0.1) is 11.3 Å². The molecule has 1 aliphatic heterocycles. The number of rotatable bonds is 4. The van der Waals surface area contributed by atoms with Crippen LogP contribution in [0.5, 0.6) is 0 Å². The van der Waals surface area contributed by atoms with Crippen molar-refractivity contribution >= 4 is 22.9 Å². The number of anilines is 1. The summed E-state index contributed by atoms with van der Waals surface area (Å²) in [5.74, 6) is 0.153. The van der Waals surface area contributed by atoms with Gasteiger partial charge in [-0.05, 0) is 34.9 Å². The third-order valence-corrected chi connectivity index (χ3v) is 5.28. The number of hydrogen-bond acceptors (Lipinski definition) is 3. The summed E-state index contributed by atoms with van der Waals surface area (Å²) in [6.07, 6.45) is 0.954. The molecule has 4 heteroatoms. The molecule has 0 saturated carbocycles. The van der Waals surface area contributed by atoms with Crippen LogP contribution in [-0.4, -0.2) is 19.0 Å². The van der Waals surface area contributed by atoms with Crippen molar-refractivity contribution in [2.24, 2.45) is 5.41 Å². The topological polar surface area (TPSA) is 32.3 Å². The maximum atomic E-state index is 12.7. The summed E-state index contributed by atoms with van der Waals surface area (Å²) >= 11 is 1.74. The van der Waals surface area contributed by atoms with E-state index < -0.39 is 0 Å². The highest BCUT2D eigenvalue weighted by molar-refractivity contribution is 7.10. The van der Waals surface area contributed by atoms with Crippen molar-refractivity contribution in [2.75, 3.05) is 18.0 Å². The molecule has 1 atom stereocenters. The van der Waals surface area contributed by atoms with Gasteiger partial charge in [-0.3, -0.25) is 4.79 Å². The Morgan fingerprint density at radius 3 is 2.74 bits per heavy atom. The van der Waals surface area contributed by atoms with Crippen molar-refractivity contribution in [1.82, 2.24) is 5.32 Å². The third-order valence-electron chi connectivity index (χ3n) is 4.34. The van der Waals surface area contributed by atoms with Crippen molar-refractivity contribution in [2.45, 2.75) is 33.2 Å². The average Bonchev–Trinajstić information content (AvgIpc) is 3.15. The Morgan fingerprint density at radius 1 is 1.26 bits per heavy atom. The minimum Gasteiger partial charge on any atom is -0.311 e. The molecule has 3 nitrogen and oxygen atoms in total. The lowest BCUT2D eigenvalue weighted by molar-refractivity contribution is -0.117. The second kappa shape index (κ2) is 6.46. The van der Waals surface area contributed by atoms with Crippen LogP contribution < -0.4 is 10.2 Å². The minimum atomic E-state index is 0.0635. The maximum absolute atomic E-state index is 12.7. The number of benzene rings is 1. The number of hydrogen-bond donors (Lipinski definition) is 1. The SMILES string of the molecule is CC(C)(C)[C@@H](NCC(=O)N1CCc2ccccc21)c1cccs1. The van der Waals surface area contributed by atoms with Gasteiger partial charge in [0, 0.05) is 23.2 Å². The van der Waals surface area contributed by atoms with E-state index in [1.54, 1.807) is 11.3 Å². The van der Waals surface area contributed by atoms with Gasteiger partial charge in [-0.2, -0.15) is 0 Å². The number of fused-ring (bicyclic) bond motifs is 1. The van der Waals surface area contributed by atoms with E-state index in [2.05, 4.69) is 49.7 Å². The molecule has 1 aromatic carbocycles. The van der Waals surface area contributed by atoms with E-state index in [4.69, 9.17) is 0 Å². The van der Waals surface area contributed by atoms with E-state index in [1.165, 1.54) is 10.4 Å². The van der Waals surface area contributed by atoms with Crippen molar-refractivity contribution < 1.29 is 4.79 Å². The van der Waals surface area contributed by atoms with Crippen LogP contribution in [-0.2, 0) is 11.2 Å². The van der Waals surface area contributed by atoms with E-state index >= 15 is 0 Å². The first-order valence-electron chi connectivity index (χ1n) is 8.12. The van der Waals surface area contributed by atoms with Crippen LogP contribution in [0, 0.1) is 5.41 Å². The summed E-state index contributed by atoms with van der Waals surface area (Å²) in [5, 5.41) is 5.58. The Hall–Kier alpha value is -1.65. The van der Waals surface area contributed by atoms with Crippen LogP contribution in [0.1, 0.15) is 37.3 Å². The lowest BCUT2D eigenvalue weighted by Gasteiger charge is -2.31. The van der Waals surface area contributed by atoms with E-state index in [1.807, 2.05) is 23.1 Å². The first kappa shape index (κ1) is 16.2. The highest BCUT2D eigenvalue weighted by Crippen LogP contribution is 2.35. The minimum absolute atomic E-state index is 0.0635. The first-order valence-corrected chi connectivity index (χ1v) is 9.00. The molecular formula is C19H24N2OS. The predicted octanol–water partition coefficient (Wildman–Crippen LogP) is 4.01. The van der Waals surface area contributed by atoms with E-state index in [9.17, 15) is 4.79 Å². The smallest absolute Gasteiger partial charge is 0.240 e. The number of para-hydroxylation sites is 1. The summed E-state index contributed by atoms with van der Waals surface area (Å²) in [5.41, 5.74) is 2.41. The molecule has 0 saturated heterocycles. The van der Waals surface area contributed by atoms with Crippen LogP contribution in [0.2, 0.25) is 0 Å². The Labute approximate surface area is 142 Å². The van der Waals surface area contributed by atoms with Gasteiger partial charge in [0.15, 0.2) is 0 Å². The fraction of sp³-hybridized carbons (Fsp3) is 0.421. The summed E-state index contributed by atoms with van der Waals surface area (Å²) in [6.45, 7) is 7.78. The zero-order valence-corrected chi connectivity index (χ0v) is 14.8. The number of nitrogens with zero attached hydrogens (tertiary/aromatic N) is 1. The number of carbonyl (C=O) groups excluding carboxylic acids is 1. The highest BCUT2D eigenvalue weighted by atomic mass is 32.1. The molecule has 2 heterocycles. The Morgan fingerprint density at radius 2 is 2.04 bits per heavy atom. The molecule has 0 fully saturated rings. The normalized spacial score (nSPS) is 15.5. The monoisotopic (exact) mass is 328 g/mol. The molecule has 0 aliphatic carbocycles. The second-order valence-corrected chi connectivity index (χ2v) is 8.10. The average molecular weight is 328 g/mol. The van der Waals surface area contributed by atoms with Gasteiger partial charge >= 0.3 is 0 Å². The van der Waals surface area contributed by atoms with Gasteiger partial charge in [-0.25, -0.2) is 0 Å². The third kappa shape index (κ3) is 3.48. The second-order valence-electron chi connectivity index (χ2n) is 7.12. The van der Waals surface area contributed by atoms with Crippen molar-refractivity contribution in [3.8, 4) is 0 Å². The summed E-state index contributed by atoms with van der Waals surface area (Å²) in [4.78, 5) is 15.9. The molecule has 1 N–H and O–H groups in total. The fourth-order valence-electron chi connectivity index (χ4n) is 3.17. The van der Waals surface area contributed by atoms with Crippen LogP contribution >= 0.6 is 11.3 Å². The standard InChI is InChI=1S/C19H24N2OS/c1-19(2,3)18(16-9-6-12-23-16)20-13-17(22)21-11-10-14-7-4-5-8-15(14)21/h4-9,12,18,20H,10-11,13H2,1-3H3/t18-/m0/s1. The molecule has 0 bridgehead atoms. The zero-order valence-electron chi connectivity index (χ0n) is 14.0. The highest BCUT2D eigenvalue weighted by Gasteiger charge is 2.29. The van der Waals surface area contributed by atoms with Crippen LogP contribution in [0.25, 0.3) is 0 Å². The lowest BCUT2D eigenvalue weighted by atomic mass is 9.86. The van der Waals surface area contributed by atoms with E-state index in [-0.39, 0.29) is 17.4 Å². The number of thiophene rings is 1. The Kier molecular flexibility index (Phi) is 4.55. The molecule has 122 valence electrons. The summed E-state index contributed by atoms with van der Waals surface area (Å²) in [7, 11) is 0. The Balaban J connectivity index is 1.69. The van der Waals surface area contributed by atoms with Crippen LogP contribution in [0.15, 0.2) is 41.8 Å². The molecule has 1 aromatic heterocycles. The number of nitrogens with one attached hydrogen (secondary N) is 1. The maximum Gasteiger partial charge on any atom is 0.240 e. The van der Waals surface area contributed by atoms with E-state index in [0.717, 1.165) is 18.7 Å². The van der Waals surface area contributed by atoms with Gasteiger partial charge in [0.2, 0.25) is 5.91 Å². The molecule has 0 radical (unpaired) electrons. The van der Waals surface area contributed by atoms with E-state index in [0.29, 0.717) is 6.54 Å². The summed E-state index contributed by atoms with van der Waals surface area (Å²) < 4.78 is 0. The van der Waals surface area contributed by atoms with Gasteiger partial charge in [0.25, 0.3) is 0 Å². The molecule has 23 heavy (non-hydrogen) atoms. The van der Waals surface area contributed by atoms with Gasteiger partial charge < -0.3 is 10.2 Å². The van der Waals surface area contributed by atoms with Crippen LogP contribution in [0.3, 0.4) is 0 Å². The van der Waals surface area contributed by atoms with Gasteiger partial charge in [-0.1, -0.05) is 45.0 Å². The molecule has 1 amide bonds. The quantitative estimate of drug-likeness (QED) is 0.919. The molecule has 1 aliphatic rings. The predicted molar refractivity (Wildman–Crippen MR) is 97.0 cm³/mol. The zero-order chi connectivity index (χ0) is 16.4. The van der Waals surface area contributed by atoms with Crippen molar-refractivity contribution in [3.05, 3.63) is 52.2 Å².